The van der Waals surface area contributed by atoms with Crippen molar-refractivity contribution in [2.24, 2.45) is 5.10 Å². The summed E-state index contributed by atoms with van der Waals surface area (Å²) in [4.78, 5) is 34.0. The number of non-ortho nitro benzene ring substituents is 1. The number of nitro benzene ring substituents is 1. The summed E-state index contributed by atoms with van der Waals surface area (Å²) in [6.45, 7) is 1.84. The highest BCUT2D eigenvalue weighted by atomic mass is 79.9. The molecule has 2 rings (SSSR count). The van der Waals surface area contributed by atoms with E-state index in [4.69, 9.17) is 0 Å². The fraction of sp³-hybridized carbons (Fsp3) is 0.167. The number of nitrogens with one attached hydrogen (secondary N) is 2. The van der Waals surface area contributed by atoms with Gasteiger partial charge in [0.25, 0.3) is 11.6 Å². The molecular weight excluding hydrogens is 416 g/mol. The molecule has 0 aliphatic rings. The van der Waals surface area contributed by atoms with E-state index in [2.05, 4.69) is 31.8 Å². The number of hydrazone groups is 1. The van der Waals surface area contributed by atoms with Gasteiger partial charge in [-0.3, -0.25) is 19.7 Å². The Labute approximate surface area is 163 Å². The first kappa shape index (κ1) is 20.2. The van der Waals surface area contributed by atoms with Crippen LogP contribution in [-0.2, 0) is 4.79 Å². The Bertz CT molecular complexity index is 881. The Morgan fingerprint density at radius 3 is 2.44 bits per heavy atom. The summed E-state index contributed by atoms with van der Waals surface area (Å²) < 4.78 is 0.676. The minimum absolute atomic E-state index is 0.0172. The smallest absolute Gasteiger partial charge is 0.269 e. The Hall–Kier alpha value is -3.07. The van der Waals surface area contributed by atoms with E-state index < -0.39 is 4.92 Å². The zero-order valence-corrected chi connectivity index (χ0v) is 16.0. The minimum atomic E-state index is -0.486. The average Bonchev–Trinajstić information content (AvgIpc) is 2.66. The number of amides is 2. The van der Waals surface area contributed by atoms with Crippen LogP contribution in [0.3, 0.4) is 0 Å². The Balaban J connectivity index is 1.81. The SMILES string of the molecule is CC(=NNC(=O)CCNC(=O)c1ccccc1Br)c1ccc([N+](=O)[O-])cc1. The Morgan fingerprint density at radius 2 is 1.81 bits per heavy atom. The summed E-state index contributed by atoms with van der Waals surface area (Å²) in [5.41, 5.74) is 4.04. The van der Waals surface area contributed by atoms with Gasteiger partial charge in [0.05, 0.1) is 16.2 Å². The molecule has 2 amide bonds. The number of hydrogen-bond donors (Lipinski definition) is 2. The molecule has 2 aromatic carbocycles. The molecule has 140 valence electrons. The number of hydrogen-bond acceptors (Lipinski definition) is 5. The van der Waals surface area contributed by atoms with Crippen molar-refractivity contribution in [1.29, 1.82) is 0 Å². The third kappa shape index (κ3) is 6.00. The molecule has 0 atom stereocenters. The van der Waals surface area contributed by atoms with Gasteiger partial charge < -0.3 is 5.32 Å². The van der Waals surface area contributed by atoms with Crippen LogP contribution in [0.4, 0.5) is 5.69 Å². The lowest BCUT2D eigenvalue weighted by Crippen LogP contribution is -2.29. The maximum atomic E-state index is 12.0. The van der Waals surface area contributed by atoms with E-state index in [1.807, 2.05) is 0 Å². The van der Waals surface area contributed by atoms with E-state index in [-0.39, 0.29) is 30.5 Å². The summed E-state index contributed by atoms with van der Waals surface area (Å²) in [5.74, 6) is -0.635. The van der Waals surface area contributed by atoms with Gasteiger partial charge in [-0.15, -0.1) is 0 Å². The van der Waals surface area contributed by atoms with Gasteiger partial charge in [0.2, 0.25) is 5.91 Å². The fourth-order valence-electron chi connectivity index (χ4n) is 2.12. The van der Waals surface area contributed by atoms with Crippen LogP contribution in [0.25, 0.3) is 0 Å². The number of halogens is 1. The van der Waals surface area contributed by atoms with Crippen molar-refractivity contribution < 1.29 is 14.5 Å². The number of nitrogens with zero attached hydrogens (tertiary/aromatic N) is 2. The molecule has 2 aromatic rings. The normalized spacial score (nSPS) is 11.0. The van der Waals surface area contributed by atoms with Crippen molar-refractivity contribution >= 4 is 39.1 Å². The van der Waals surface area contributed by atoms with Gasteiger partial charge in [0.1, 0.15) is 0 Å². The second kappa shape index (κ2) is 9.58. The fourth-order valence-corrected chi connectivity index (χ4v) is 2.59. The first-order valence-electron chi connectivity index (χ1n) is 7.99. The standard InChI is InChI=1S/C18H17BrN4O4/c1-12(13-6-8-14(9-7-13)23(26)27)21-22-17(24)10-11-20-18(25)15-4-2-3-5-16(15)19/h2-9H,10-11H2,1H3,(H,20,25)(H,22,24). The highest BCUT2D eigenvalue weighted by Gasteiger charge is 2.10. The molecule has 0 saturated heterocycles. The molecule has 0 bridgehead atoms. The third-order valence-corrected chi connectivity index (χ3v) is 4.29. The second-order valence-corrected chi connectivity index (χ2v) is 6.38. The lowest BCUT2D eigenvalue weighted by Gasteiger charge is -2.06. The number of carbonyl (C=O) groups is 2. The van der Waals surface area contributed by atoms with E-state index in [1.165, 1.54) is 12.1 Å². The molecule has 0 aromatic heterocycles. The van der Waals surface area contributed by atoms with Crippen LogP contribution in [-0.4, -0.2) is 29.0 Å². The second-order valence-electron chi connectivity index (χ2n) is 5.52. The van der Waals surface area contributed by atoms with Crippen LogP contribution in [0.2, 0.25) is 0 Å². The highest BCUT2D eigenvalue weighted by molar-refractivity contribution is 9.10. The van der Waals surface area contributed by atoms with Crippen molar-refractivity contribution in [3.05, 3.63) is 74.2 Å². The molecule has 27 heavy (non-hydrogen) atoms. The van der Waals surface area contributed by atoms with Gasteiger partial charge in [-0.2, -0.15) is 5.10 Å². The molecule has 0 fully saturated rings. The van der Waals surface area contributed by atoms with Crippen molar-refractivity contribution in [2.45, 2.75) is 13.3 Å². The summed E-state index contributed by atoms with van der Waals surface area (Å²) in [7, 11) is 0. The van der Waals surface area contributed by atoms with Crippen LogP contribution in [0.5, 0.6) is 0 Å². The predicted octanol–water partition coefficient (Wildman–Crippen LogP) is 3.02. The van der Waals surface area contributed by atoms with Crippen LogP contribution >= 0.6 is 15.9 Å². The monoisotopic (exact) mass is 432 g/mol. The lowest BCUT2D eigenvalue weighted by atomic mass is 10.1. The molecular formula is C18H17BrN4O4. The van der Waals surface area contributed by atoms with E-state index >= 15 is 0 Å². The highest BCUT2D eigenvalue weighted by Crippen LogP contribution is 2.15. The van der Waals surface area contributed by atoms with Gasteiger partial charge >= 0.3 is 0 Å². The molecule has 0 spiro atoms. The summed E-state index contributed by atoms with van der Waals surface area (Å²) in [6.07, 6.45) is 0.0627. The molecule has 0 aliphatic heterocycles. The molecule has 8 nitrogen and oxygen atoms in total. The summed E-state index contributed by atoms with van der Waals surface area (Å²) in [6, 6.07) is 12.8. The molecule has 0 radical (unpaired) electrons. The third-order valence-electron chi connectivity index (χ3n) is 3.60. The molecule has 0 aliphatic carbocycles. The Morgan fingerprint density at radius 1 is 1.15 bits per heavy atom. The molecule has 0 heterocycles. The topological polar surface area (TPSA) is 114 Å². The maximum absolute atomic E-state index is 12.0. The number of benzene rings is 2. The lowest BCUT2D eigenvalue weighted by molar-refractivity contribution is -0.384. The molecule has 2 N–H and O–H groups in total. The first-order chi connectivity index (χ1) is 12.9. The number of nitro groups is 1. The number of rotatable bonds is 7. The maximum Gasteiger partial charge on any atom is 0.269 e. The quantitative estimate of drug-likeness (QED) is 0.397. The van der Waals surface area contributed by atoms with Crippen LogP contribution in [0.1, 0.15) is 29.3 Å². The van der Waals surface area contributed by atoms with Crippen LogP contribution in [0, 0.1) is 10.1 Å². The van der Waals surface area contributed by atoms with E-state index in [9.17, 15) is 19.7 Å². The molecule has 0 unspecified atom stereocenters. The van der Waals surface area contributed by atoms with Gasteiger partial charge in [-0.1, -0.05) is 12.1 Å². The van der Waals surface area contributed by atoms with Crippen molar-refractivity contribution in [3.8, 4) is 0 Å². The van der Waals surface area contributed by atoms with Crippen LogP contribution in [0.15, 0.2) is 58.1 Å². The largest absolute Gasteiger partial charge is 0.351 e. The van der Waals surface area contributed by atoms with Crippen LogP contribution < -0.4 is 10.7 Å². The average molecular weight is 433 g/mol. The molecule has 9 heteroatoms. The van der Waals surface area contributed by atoms with E-state index in [0.29, 0.717) is 21.3 Å². The zero-order valence-electron chi connectivity index (χ0n) is 14.4. The summed E-state index contributed by atoms with van der Waals surface area (Å²) in [5, 5.41) is 17.3. The Kier molecular flexibility index (Phi) is 7.18. The van der Waals surface area contributed by atoms with Crippen molar-refractivity contribution in [3.63, 3.8) is 0 Å². The van der Waals surface area contributed by atoms with Gasteiger partial charge in [-0.25, -0.2) is 5.43 Å². The van der Waals surface area contributed by atoms with E-state index in [0.717, 1.165) is 0 Å². The van der Waals surface area contributed by atoms with Gasteiger partial charge in [0, 0.05) is 29.6 Å². The summed E-state index contributed by atoms with van der Waals surface area (Å²) >= 11 is 3.30. The zero-order chi connectivity index (χ0) is 19.8. The first-order valence-corrected chi connectivity index (χ1v) is 8.78. The van der Waals surface area contributed by atoms with E-state index in [1.54, 1.807) is 43.3 Å². The van der Waals surface area contributed by atoms with Gasteiger partial charge in [-0.05, 0) is 52.7 Å². The predicted molar refractivity (Wildman–Crippen MR) is 105 cm³/mol. The van der Waals surface area contributed by atoms with Gasteiger partial charge in [0.15, 0.2) is 0 Å². The van der Waals surface area contributed by atoms with Crippen molar-refractivity contribution in [1.82, 2.24) is 10.7 Å². The minimum Gasteiger partial charge on any atom is -0.351 e. The number of carbonyl (C=O) groups excluding carboxylic acids is 2. The van der Waals surface area contributed by atoms with Crippen molar-refractivity contribution in [2.75, 3.05) is 6.54 Å². The molecule has 0 saturated carbocycles.